The summed E-state index contributed by atoms with van der Waals surface area (Å²) in [6.45, 7) is 12.9. The molecule has 132 valence electrons. The van der Waals surface area contributed by atoms with E-state index in [4.69, 9.17) is 0 Å². The quantitative estimate of drug-likeness (QED) is 0.274. The summed E-state index contributed by atoms with van der Waals surface area (Å²) in [7, 11) is 0. The van der Waals surface area contributed by atoms with Crippen molar-refractivity contribution in [2.24, 2.45) is 0 Å². The first kappa shape index (κ1) is 22.0. The van der Waals surface area contributed by atoms with Crippen molar-refractivity contribution >= 4 is 0 Å². The van der Waals surface area contributed by atoms with Crippen molar-refractivity contribution in [3.05, 3.63) is 48.0 Å². The summed E-state index contributed by atoms with van der Waals surface area (Å²) < 4.78 is 0. The van der Waals surface area contributed by atoms with E-state index in [0.29, 0.717) is 0 Å². The third-order valence-electron chi connectivity index (χ3n) is 4.44. The van der Waals surface area contributed by atoms with Crippen LogP contribution in [0.5, 0.6) is 0 Å². The van der Waals surface area contributed by atoms with E-state index >= 15 is 0 Å². The second-order valence-corrected chi connectivity index (χ2v) is 6.47. The van der Waals surface area contributed by atoms with Crippen LogP contribution in [0.4, 0.5) is 0 Å². The topological polar surface area (TPSA) is 0 Å². The third kappa shape index (κ3) is 10.4. The number of benzene rings is 1. The largest absolute Gasteiger partial charge is 0.106 e. The van der Waals surface area contributed by atoms with Crippen LogP contribution in [0.1, 0.15) is 95.2 Å². The second-order valence-electron chi connectivity index (χ2n) is 6.47. The van der Waals surface area contributed by atoms with Crippen LogP contribution in [0, 0.1) is 0 Å². The SMILES string of the molecule is C=C.CCCCCc1ccc(CCCCC)c(CCCCC)c1. The van der Waals surface area contributed by atoms with Gasteiger partial charge in [-0.25, -0.2) is 0 Å². The molecule has 0 saturated heterocycles. The smallest absolute Gasteiger partial charge is 0.0276 e. The van der Waals surface area contributed by atoms with Crippen molar-refractivity contribution in [2.75, 3.05) is 0 Å². The first-order chi connectivity index (χ1) is 11.3. The fourth-order valence-corrected chi connectivity index (χ4v) is 3.02. The zero-order valence-corrected chi connectivity index (χ0v) is 16.1. The van der Waals surface area contributed by atoms with E-state index in [2.05, 4.69) is 52.1 Å². The van der Waals surface area contributed by atoms with Gasteiger partial charge in [0.05, 0.1) is 0 Å². The van der Waals surface area contributed by atoms with E-state index < -0.39 is 0 Å². The monoisotopic (exact) mass is 316 g/mol. The number of unbranched alkanes of at least 4 members (excludes halogenated alkanes) is 6. The maximum atomic E-state index is 3.00. The van der Waals surface area contributed by atoms with E-state index in [1.54, 1.807) is 16.7 Å². The van der Waals surface area contributed by atoms with E-state index in [1.165, 1.54) is 77.0 Å². The molecule has 0 aromatic heterocycles. The van der Waals surface area contributed by atoms with Gasteiger partial charge in [-0.2, -0.15) is 0 Å². The summed E-state index contributed by atoms with van der Waals surface area (Å²) in [6.07, 6.45) is 16.0. The molecule has 0 aliphatic carbocycles. The minimum atomic E-state index is 1.27. The van der Waals surface area contributed by atoms with Crippen molar-refractivity contribution in [2.45, 2.75) is 97.8 Å². The van der Waals surface area contributed by atoms with E-state index in [0.717, 1.165) is 0 Å². The van der Waals surface area contributed by atoms with Gasteiger partial charge in [0.1, 0.15) is 0 Å². The Morgan fingerprint density at radius 1 is 0.609 bits per heavy atom. The molecule has 1 aromatic rings. The number of rotatable bonds is 12. The molecule has 0 aliphatic heterocycles. The van der Waals surface area contributed by atoms with E-state index in [-0.39, 0.29) is 0 Å². The van der Waals surface area contributed by atoms with Gasteiger partial charge in [0.2, 0.25) is 0 Å². The molecule has 0 N–H and O–H groups in total. The normalized spacial score (nSPS) is 10.2. The van der Waals surface area contributed by atoms with Gasteiger partial charge in [-0.1, -0.05) is 77.5 Å². The lowest BCUT2D eigenvalue weighted by Crippen LogP contribution is -1.98. The van der Waals surface area contributed by atoms with Crippen LogP contribution in [0.3, 0.4) is 0 Å². The first-order valence-electron chi connectivity index (χ1n) is 9.92. The molecular weight excluding hydrogens is 276 g/mol. The molecule has 0 radical (unpaired) electrons. The Labute approximate surface area is 146 Å². The fourth-order valence-electron chi connectivity index (χ4n) is 3.02. The van der Waals surface area contributed by atoms with Crippen molar-refractivity contribution < 1.29 is 0 Å². The minimum absolute atomic E-state index is 1.27. The zero-order valence-electron chi connectivity index (χ0n) is 16.1. The van der Waals surface area contributed by atoms with Gasteiger partial charge in [-0.05, 0) is 55.2 Å². The van der Waals surface area contributed by atoms with Gasteiger partial charge in [-0.3, -0.25) is 0 Å². The number of aryl methyl sites for hydroxylation is 3. The predicted octanol–water partition coefficient (Wildman–Crippen LogP) is 7.69. The highest BCUT2D eigenvalue weighted by Gasteiger charge is 2.05. The number of hydrogen-bond donors (Lipinski definition) is 0. The standard InChI is InChI=1S/C21H36.C2H4/c1-4-7-10-13-19-16-17-20(14-11-8-5-2)21(18-19)15-12-9-6-3;1-2/h16-18H,4-15H2,1-3H3;1-2H2. The van der Waals surface area contributed by atoms with E-state index in [1.807, 2.05) is 0 Å². The van der Waals surface area contributed by atoms with Crippen LogP contribution < -0.4 is 0 Å². The number of hydrogen-bond acceptors (Lipinski definition) is 0. The van der Waals surface area contributed by atoms with Crippen LogP contribution in [-0.4, -0.2) is 0 Å². The molecule has 0 heterocycles. The molecule has 0 amide bonds. The zero-order chi connectivity index (χ0) is 17.3. The van der Waals surface area contributed by atoms with Gasteiger partial charge in [0.25, 0.3) is 0 Å². The molecule has 0 bridgehead atoms. The van der Waals surface area contributed by atoms with Gasteiger partial charge in [0, 0.05) is 0 Å². The molecule has 0 atom stereocenters. The van der Waals surface area contributed by atoms with Crippen molar-refractivity contribution in [3.8, 4) is 0 Å². The Morgan fingerprint density at radius 3 is 1.61 bits per heavy atom. The van der Waals surface area contributed by atoms with Crippen molar-refractivity contribution in [1.82, 2.24) is 0 Å². The Kier molecular flexibility index (Phi) is 15.1. The summed E-state index contributed by atoms with van der Waals surface area (Å²) in [5.74, 6) is 0. The Balaban J connectivity index is 0.00000232. The summed E-state index contributed by atoms with van der Waals surface area (Å²) in [5.41, 5.74) is 4.83. The first-order valence-corrected chi connectivity index (χ1v) is 9.92. The Bertz CT molecular complexity index is 378. The van der Waals surface area contributed by atoms with Gasteiger partial charge in [-0.15, -0.1) is 13.2 Å². The second kappa shape index (κ2) is 15.8. The van der Waals surface area contributed by atoms with Crippen molar-refractivity contribution in [1.29, 1.82) is 0 Å². The molecule has 0 aliphatic rings. The molecule has 0 fully saturated rings. The molecule has 0 heteroatoms. The molecule has 1 aromatic carbocycles. The molecule has 1 rings (SSSR count). The maximum absolute atomic E-state index is 3.00. The average molecular weight is 317 g/mol. The Hall–Kier alpha value is -1.04. The lowest BCUT2D eigenvalue weighted by atomic mass is 9.94. The predicted molar refractivity (Wildman–Crippen MR) is 107 cm³/mol. The maximum Gasteiger partial charge on any atom is -0.0276 e. The average Bonchev–Trinajstić information content (AvgIpc) is 2.59. The van der Waals surface area contributed by atoms with Crippen molar-refractivity contribution in [3.63, 3.8) is 0 Å². The summed E-state index contributed by atoms with van der Waals surface area (Å²) in [4.78, 5) is 0. The molecule has 0 nitrogen and oxygen atoms in total. The Morgan fingerprint density at radius 2 is 1.09 bits per heavy atom. The van der Waals surface area contributed by atoms with Crippen LogP contribution in [0.25, 0.3) is 0 Å². The minimum Gasteiger partial charge on any atom is -0.106 e. The molecule has 0 spiro atoms. The van der Waals surface area contributed by atoms with E-state index in [9.17, 15) is 0 Å². The lowest BCUT2D eigenvalue weighted by molar-refractivity contribution is 0.689. The molecular formula is C23H40. The third-order valence-corrected chi connectivity index (χ3v) is 4.44. The molecule has 0 saturated carbocycles. The van der Waals surface area contributed by atoms with Crippen LogP contribution in [0.15, 0.2) is 31.4 Å². The lowest BCUT2D eigenvalue weighted by Gasteiger charge is -2.12. The summed E-state index contributed by atoms with van der Waals surface area (Å²) in [5, 5.41) is 0. The summed E-state index contributed by atoms with van der Waals surface area (Å²) >= 11 is 0. The van der Waals surface area contributed by atoms with Gasteiger partial charge >= 0.3 is 0 Å². The highest BCUT2D eigenvalue weighted by molar-refractivity contribution is 5.32. The highest BCUT2D eigenvalue weighted by atomic mass is 14.1. The van der Waals surface area contributed by atoms with Gasteiger partial charge in [0.15, 0.2) is 0 Å². The highest BCUT2D eigenvalue weighted by Crippen LogP contribution is 2.19. The van der Waals surface area contributed by atoms with Gasteiger partial charge < -0.3 is 0 Å². The molecule has 0 unspecified atom stereocenters. The van der Waals surface area contributed by atoms with Crippen LogP contribution >= 0.6 is 0 Å². The summed E-state index contributed by atoms with van der Waals surface area (Å²) in [6, 6.07) is 7.34. The van der Waals surface area contributed by atoms with Crippen LogP contribution in [0.2, 0.25) is 0 Å². The molecule has 23 heavy (non-hydrogen) atoms. The van der Waals surface area contributed by atoms with Crippen LogP contribution in [-0.2, 0) is 19.3 Å². The fraction of sp³-hybridized carbons (Fsp3) is 0.652.